The van der Waals surface area contributed by atoms with Crippen LogP contribution in [0.3, 0.4) is 0 Å². The van der Waals surface area contributed by atoms with Crippen LogP contribution in [0.4, 0.5) is 0 Å². The number of benzene rings is 2. The second-order valence-corrected chi connectivity index (χ2v) is 7.29. The molecule has 3 rings (SSSR count). The van der Waals surface area contributed by atoms with Gasteiger partial charge in [0, 0.05) is 18.0 Å². The van der Waals surface area contributed by atoms with Crippen LogP contribution in [0.5, 0.6) is 0 Å². The van der Waals surface area contributed by atoms with Crippen molar-refractivity contribution in [2.75, 3.05) is 13.1 Å². The Kier molecular flexibility index (Phi) is 5.39. The van der Waals surface area contributed by atoms with Crippen LogP contribution < -0.4 is 0 Å². The number of nitrogens with zero attached hydrogens (tertiary/aromatic N) is 1. The predicted molar refractivity (Wildman–Crippen MR) is 96.7 cm³/mol. The number of likely N-dealkylation sites (tertiary alicyclic amines) is 1. The summed E-state index contributed by atoms with van der Waals surface area (Å²) < 4.78 is 0. The van der Waals surface area contributed by atoms with E-state index in [2.05, 4.69) is 43.3 Å². The van der Waals surface area contributed by atoms with Crippen molar-refractivity contribution in [3.05, 3.63) is 65.7 Å². The van der Waals surface area contributed by atoms with E-state index in [1.165, 1.54) is 12.0 Å². The molecule has 1 amide bonds. The molecule has 2 aromatic carbocycles. The van der Waals surface area contributed by atoms with Gasteiger partial charge < -0.3 is 4.90 Å². The maximum absolute atomic E-state index is 13.1. The number of amides is 1. The number of hydrogen-bond donors (Lipinski definition) is 0. The minimum atomic E-state index is -0.156. The number of rotatable bonds is 4. The summed E-state index contributed by atoms with van der Waals surface area (Å²) in [6.45, 7) is 3.88. The minimum Gasteiger partial charge on any atom is -0.341 e. The Labute approximate surface area is 142 Å². The Morgan fingerprint density at radius 1 is 0.957 bits per heavy atom. The van der Waals surface area contributed by atoms with Gasteiger partial charge in [0.2, 0.25) is 5.91 Å². The molecule has 0 saturated carbocycles. The second kappa shape index (κ2) is 7.69. The topological polar surface area (TPSA) is 20.3 Å². The van der Waals surface area contributed by atoms with E-state index in [0.717, 1.165) is 36.4 Å². The van der Waals surface area contributed by atoms with Gasteiger partial charge in [-0.05, 0) is 43.9 Å². The first-order valence-corrected chi connectivity index (χ1v) is 9.19. The summed E-state index contributed by atoms with van der Waals surface area (Å²) in [6.07, 6.45) is 3.50. The molecule has 1 unspecified atom stereocenters. The van der Waals surface area contributed by atoms with Gasteiger partial charge in [-0.2, -0.15) is 0 Å². The number of carbonyl (C=O) groups is 1. The average molecular weight is 325 g/mol. The van der Waals surface area contributed by atoms with E-state index >= 15 is 0 Å². The van der Waals surface area contributed by atoms with E-state index in [4.69, 9.17) is 0 Å². The highest BCUT2D eigenvalue weighted by atomic mass is 32.2. The SMILES string of the molecule is Cc1ccc(SC(C(=O)N2CCCCC2)c2ccccc2)cc1. The monoisotopic (exact) mass is 325 g/mol. The largest absolute Gasteiger partial charge is 0.341 e. The van der Waals surface area contributed by atoms with Gasteiger partial charge in [-0.25, -0.2) is 0 Å². The fourth-order valence-electron chi connectivity index (χ4n) is 2.92. The highest BCUT2D eigenvalue weighted by molar-refractivity contribution is 8.00. The number of carbonyl (C=O) groups excluding carboxylic acids is 1. The summed E-state index contributed by atoms with van der Waals surface area (Å²) in [5.74, 6) is 0.251. The summed E-state index contributed by atoms with van der Waals surface area (Å²) >= 11 is 1.66. The smallest absolute Gasteiger partial charge is 0.240 e. The van der Waals surface area contributed by atoms with Crippen LogP contribution in [-0.2, 0) is 4.79 Å². The molecule has 1 aliphatic rings. The molecule has 0 aromatic heterocycles. The first-order valence-electron chi connectivity index (χ1n) is 8.31. The lowest BCUT2D eigenvalue weighted by Gasteiger charge is -2.30. The van der Waals surface area contributed by atoms with Crippen molar-refractivity contribution in [2.45, 2.75) is 36.3 Å². The molecule has 0 bridgehead atoms. The third-order valence-electron chi connectivity index (χ3n) is 4.27. The van der Waals surface area contributed by atoms with Gasteiger partial charge in [-0.15, -0.1) is 11.8 Å². The minimum absolute atomic E-state index is 0.156. The lowest BCUT2D eigenvalue weighted by molar-refractivity contribution is -0.131. The molecule has 0 radical (unpaired) electrons. The third-order valence-corrected chi connectivity index (χ3v) is 5.52. The lowest BCUT2D eigenvalue weighted by Crippen LogP contribution is -2.38. The molecule has 1 atom stereocenters. The standard InChI is InChI=1S/C20H23NOS/c1-16-10-12-18(13-11-16)23-19(17-8-4-2-5-9-17)20(22)21-14-6-3-7-15-21/h2,4-5,8-13,19H,3,6-7,14-15H2,1H3. The van der Waals surface area contributed by atoms with Crippen molar-refractivity contribution in [3.8, 4) is 0 Å². The Balaban J connectivity index is 1.84. The van der Waals surface area contributed by atoms with Crippen molar-refractivity contribution in [1.29, 1.82) is 0 Å². The molecule has 3 heteroatoms. The van der Waals surface area contributed by atoms with Crippen LogP contribution in [0.1, 0.15) is 35.6 Å². The highest BCUT2D eigenvalue weighted by Gasteiger charge is 2.27. The van der Waals surface area contributed by atoms with Crippen LogP contribution in [0.15, 0.2) is 59.5 Å². The van der Waals surface area contributed by atoms with Crippen LogP contribution in [-0.4, -0.2) is 23.9 Å². The molecular weight excluding hydrogens is 302 g/mol. The molecule has 0 spiro atoms. The molecule has 1 saturated heterocycles. The lowest BCUT2D eigenvalue weighted by atomic mass is 10.1. The zero-order valence-corrected chi connectivity index (χ0v) is 14.4. The van der Waals surface area contributed by atoms with E-state index in [-0.39, 0.29) is 11.2 Å². The Hall–Kier alpha value is -1.74. The van der Waals surface area contributed by atoms with Gasteiger partial charge >= 0.3 is 0 Å². The molecule has 1 fully saturated rings. The van der Waals surface area contributed by atoms with Gasteiger partial charge in [0.1, 0.15) is 5.25 Å². The number of piperidine rings is 1. The summed E-state index contributed by atoms with van der Waals surface area (Å²) in [5.41, 5.74) is 2.33. The quantitative estimate of drug-likeness (QED) is 0.750. The van der Waals surface area contributed by atoms with Crippen LogP contribution in [0.25, 0.3) is 0 Å². The fourth-order valence-corrected chi connectivity index (χ4v) is 4.03. The van der Waals surface area contributed by atoms with Crippen molar-refractivity contribution in [3.63, 3.8) is 0 Å². The van der Waals surface area contributed by atoms with E-state index < -0.39 is 0 Å². The van der Waals surface area contributed by atoms with Crippen molar-refractivity contribution in [2.24, 2.45) is 0 Å². The van der Waals surface area contributed by atoms with Crippen molar-refractivity contribution < 1.29 is 4.79 Å². The number of hydrogen-bond acceptors (Lipinski definition) is 2. The van der Waals surface area contributed by atoms with Gasteiger partial charge in [0.25, 0.3) is 0 Å². The van der Waals surface area contributed by atoms with E-state index in [1.807, 2.05) is 23.1 Å². The third kappa shape index (κ3) is 4.17. The maximum atomic E-state index is 13.1. The van der Waals surface area contributed by atoms with Crippen molar-refractivity contribution in [1.82, 2.24) is 4.90 Å². The average Bonchev–Trinajstić information content (AvgIpc) is 2.62. The molecule has 2 nitrogen and oxygen atoms in total. The summed E-state index contributed by atoms with van der Waals surface area (Å²) in [5, 5.41) is -0.156. The van der Waals surface area contributed by atoms with Gasteiger partial charge in [-0.1, -0.05) is 48.0 Å². The first kappa shape index (κ1) is 16.1. The molecule has 2 aromatic rings. The van der Waals surface area contributed by atoms with E-state index in [1.54, 1.807) is 11.8 Å². The van der Waals surface area contributed by atoms with Gasteiger partial charge in [-0.3, -0.25) is 4.79 Å². The molecule has 0 N–H and O–H groups in total. The first-order chi connectivity index (χ1) is 11.2. The maximum Gasteiger partial charge on any atom is 0.240 e. The Bertz CT molecular complexity index is 632. The molecule has 120 valence electrons. The molecular formula is C20H23NOS. The van der Waals surface area contributed by atoms with Crippen LogP contribution in [0, 0.1) is 6.92 Å². The fraction of sp³-hybridized carbons (Fsp3) is 0.350. The molecule has 1 heterocycles. The molecule has 0 aliphatic carbocycles. The Morgan fingerprint density at radius 3 is 2.26 bits per heavy atom. The highest BCUT2D eigenvalue weighted by Crippen LogP contribution is 2.37. The summed E-state index contributed by atoms with van der Waals surface area (Å²) in [4.78, 5) is 16.3. The Morgan fingerprint density at radius 2 is 1.61 bits per heavy atom. The van der Waals surface area contributed by atoms with Gasteiger partial charge in [0.15, 0.2) is 0 Å². The number of thioether (sulfide) groups is 1. The van der Waals surface area contributed by atoms with Crippen molar-refractivity contribution >= 4 is 17.7 Å². The molecule has 23 heavy (non-hydrogen) atoms. The van der Waals surface area contributed by atoms with Crippen LogP contribution >= 0.6 is 11.8 Å². The normalized spacial score (nSPS) is 16.1. The zero-order chi connectivity index (χ0) is 16.1. The zero-order valence-electron chi connectivity index (χ0n) is 13.6. The van der Waals surface area contributed by atoms with E-state index in [0.29, 0.717) is 0 Å². The van der Waals surface area contributed by atoms with Crippen LogP contribution in [0.2, 0.25) is 0 Å². The summed E-state index contributed by atoms with van der Waals surface area (Å²) in [7, 11) is 0. The second-order valence-electron chi connectivity index (χ2n) is 6.11. The van der Waals surface area contributed by atoms with Gasteiger partial charge in [0.05, 0.1) is 0 Å². The number of aryl methyl sites for hydroxylation is 1. The predicted octanol–water partition coefficient (Wildman–Crippen LogP) is 4.84. The van der Waals surface area contributed by atoms with E-state index in [9.17, 15) is 4.79 Å². The molecule has 1 aliphatic heterocycles. The summed E-state index contributed by atoms with van der Waals surface area (Å²) in [6, 6.07) is 18.6.